The summed E-state index contributed by atoms with van der Waals surface area (Å²) in [6.07, 6.45) is 0.855. The number of benzene rings is 1. The van der Waals surface area contributed by atoms with Gasteiger partial charge in [-0.25, -0.2) is 4.99 Å². The van der Waals surface area contributed by atoms with E-state index < -0.39 is 0 Å². The number of rotatable bonds is 3. The van der Waals surface area contributed by atoms with Gasteiger partial charge in [-0.1, -0.05) is 0 Å². The van der Waals surface area contributed by atoms with E-state index >= 15 is 0 Å². The summed E-state index contributed by atoms with van der Waals surface area (Å²) in [6, 6.07) is 5.45. The molecule has 21 heavy (non-hydrogen) atoms. The van der Waals surface area contributed by atoms with Gasteiger partial charge < -0.3 is 25.4 Å². The summed E-state index contributed by atoms with van der Waals surface area (Å²) < 4.78 is 11.1. The maximum Gasteiger partial charge on any atom is 0.243 e. The number of aliphatic imine (C=N–C) groups is 1. The predicted octanol–water partition coefficient (Wildman–Crippen LogP) is 0.663. The van der Waals surface area contributed by atoms with Crippen LogP contribution in [0.2, 0.25) is 0 Å². The third kappa shape index (κ3) is 4.27. The Balaban J connectivity index is 2.01. The van der Waals surface area contributed by atoms with Gasteiger partial charge in [0.05, 0.1) is 13.2 Å². The van der Waals surface area contributed by atoms with Crippen LogP contribution in [0.5, 0.6) is 11.5 Å². The summed E-state index contributed by atoms with van der Waals surface area (Å²) in [5, 5.41) is 2.93. The zero-order valence-electron chi connectivity index (χ0n) is 12.3. The lowest BCUT2D eigenvalue weighted by Crippen LogP contribution is -2.28. The number of nitrogens with two attached hydrogens (primary N) is 1. The molecule has 1 aromatic rings. The van der Waals surface area contributed by atoms with Crippen LogP contribution < -0.4 is 20.5 Å². The minimum atomic E-state index is -0.113. The number of anilines is 1. The molecule has 3 N–H and O–H groups in total. The number of hydrogen-bond acceptors (Lipinski definition) is 4. The number of nitrogens with one attached hydrogen (secondary N) is 1. The molecule has 1 aliphatic heterocycles. The third-order valence-corrected chi connectivity index (χ3v) is 2.90. The largest absolute Gasteiger partial charge is 0.490 e. The van der Waals surface area contributed by atoms with Crippen molar-refractivity contribution in [1.82, 2.24) is 4.90 Å². The van der Waals surface area contributed by atoms with Crippen LogP contribution in [0, 0.1) is 0 Å². The van der Waals surface area contributed by atoms with Crippen LogP contribution in [-0.2, 0) is 4.79 Å². The molecule has 0 unspecified atom stereocenters. The highest BCUT2D eigenvalue weighted by Crippen LogP contribution is 2.32. The molecule has 0 spiro atoms. The van der Waals surface area contributed by atoms with Gasteiger partial charge in [-0.05, 0) is 12.1 Å². The third-order valence-electron chi connectivity index (χ3n) is 2.90. The van der Waals surface area contributed by atoms with Crippen LogP contribution in [-0.4, -0.2) is 50.6 Å². The molecular weight excluding hydrogens is 272 g/mol. The van der Waals surface area contributed by atoms with Crippen molar-refractivity contribution in [3.05, 3.63) is 18.2 Å². The fourth-order valence-corrected chi connectivity index (χ4v) is 1.72. The Morgan fingerprint density at radius 2 is 2.05 bits per heavy atom. The van der Waals surface area contributed by atoms with E-state index in [4.69, 9.17) is 15.2 Å². The molecular formula is C14H20N4O3. The van der Waals surface area contributed by atoms with Gasteiger partial charge in [0, 0.05) is 32.3 Å². The number of guanidine groups is 1. The first-order chi connectivity index (χ1) is 10.1. The van der Waals surface area contributed by atoms with Crippen molar-refractivity contribution in [2.24, 2.45) is 10.7 Å². The molecule has 0 saturated carbocycles. The van der Waals surface area contributed by atoms with E-state index in [9.17, 15) is 4.79 Å². The first kappa shape index (κ1) is 15.0. The molecule has 0 bridgehead atoms. The van der Waals surface area contributed by atoms with Crippen molar-refractivity contribution in [3.63, 3.8) is 0 Å². The van der Waals surface area contributed by atoms with Gasteiger partial charge in [0.25, 0.3) is 0 Å². The van der Waals surface area contributed by atoms with E-state index in [0.717, 1.165) is 17.9 Å². The van der Waals surface area contributed by atoms with Crippen LogP contribution in [0.1, 0.15) is 6.42 Å². The number of ether oxygens (including phenoxy) is 2. The Labute approximate surface area is 123 Å². The first-order valence-electron chi connectivity index (χ1n) is 6.73. The van der Waals surface area contributed by atoms with Gasteiger partial charge in [-0.15, -0.1) is 0 Å². The van der Waals surface area contributed by atoms with E-state index in [2.05, 4.69) is 10.3 Å². The van der Waals surface area contributed by atoms with Gasteiger partial charge in [0.1, 0.15) is 6.54 Å². The molecule has 0 saturated heterocycles. The molecule has 2 rings (SSSR count). The van der Waals surface area contributed by atoms with E-state index in [1.165, 1.54) is 4.90 Å². The molecule has 1 aliphatic rings. The summed E-state index contributed by atoms with van der Waals surface area (Å²) in [7, 11) is 3.34. The number of carbonyl (C=O) groups is 1. The maximum atomic E-state index is 11.4. The van der Waals surface area contributed by atoms with Gasteiger partial charge >= 0.3 is 0 Å². The fourth-order valence-electron chi connectivity index (χ4n) is 1.72. The number of amides is 1. The lowest BCUT2D eigenvalue weighted by molar-refractivity contribution is -0.127. The lowest BCUT2D eigenvalue weighted by atomic mass is 10.3. The van der Waals surface area contributed by atoms with Crippen molar-refractivity contribution in [3.8, 4) is 11.5 Å². The highest BCUT2D eigenvalue weighted by atomic mass is 16.5. The quantitative estimate of drug-likeness (QED) is 0.631. The Hall–Kier alpha value is -2.44. The van der Waals surface area contributed by atoms with Crippen LogP contribution in [0.15, 0.2) is 23.2 Å². The second kappa shape index (κ2) is 6.83. The summed E-state index contributed by atoms with van der Waals surface area (Å²) >= 11 is 0. The molecule has 7 heteroatoms. The van der Waals surface area contributed by atoms with E-state index in [-0.39, 0.29) is 18.4 Å². The van der Waals surface area contributed by atoms with Gasteiger partial charge in [0.15, 0.2) is 17.5 Å². The highest BCUT2D eigenvalue weighted by Gasteiger charge is 2.11. The van der Waals surface area contributed by atoms with Gasteiger partial charge in [0.2, 0.25) is 5.91 Å². The van der Waals surface area contributed by atoms with Gasteiger partial charge in [-0.3, -0.25) is 4.79 Å². The number of hydrogen-bond donors (Lipinski definition) is 2. The number of carbonyl (C=O) groups excluding carboxylic acids is 1. The zero-order chi connectivity index (χ0) is 15.2. The summed E-state index contributed by atoms with van der Waals surface area (Å²) in [5.41, 5.74) is 6.49. The molecule has 0 fully saturated rings. The van der Waals surface area contributed by atoms with Crippen molar-refractivity contribution >= 4 is 17.6 Å². The van der Waals surface area contributed by atoms with Crippen molar-refractivity contribution in [2.75, 3.05) is 39.2 Å². The summed E-state index contributed by atoms with van der Waals surface area (Å²) in [6.45, 7) is 1.28. The monoisotopic (exact) mass is 292 g/mol. The Morgan fingerprint density at radius 3 is 2.76 bits per heavy atom. The normalized spacial score (nSPS) is 14.3. The van der Waals surface area contributed by atoms with Gasteiger partial charge in [-0.2, -0.15) is 0 Å². The van der Waals surface area contributed by atoms with E-state index in [1.807, 2.05) is 12.1 Å². The van der Waals surface area contributed by atoms with Crippen LogP contribution in [0.4, 0.5) is 5.69 Å². The summed E-state index contributed by atoms with van der Waals surface area (Å²) in [4.78, 5) is 16.9. The molecule has 7 nitrogen and oxygen atoms in total. The minimum absolute atomic E-state index is 0.0103. The molecule has 0 radical (unpaired) electrons. The van der Waals surface area contributed by atoms with Crippen LogP contribution >= 0.6 is 0 Å². The molecule has 1 aromatic carbocycles. The molecule has 0 atom stereocenters. The minimum Gasteiger partial charge on any atom is -0.490 e. The smallest absolute Gasteiger partial charge is 0.243 e. The molecule has 1 amide bonds. The Kier molecular flexibility index (Phi) is 4.86. The van der Waals surface area contributed by atoms with Crippen molar-refractivity contribution in [2.45, 2.75) is 6.42 Å². The number of fused-ring (bicyclic) bond motifs is 1. The standard InChI is InChI=1S/C14H20N4O3/c1-18(2)13(19)9-16-14(15)17-10-4-5-11-12(8-10)21-7-3-6-20-11/h4-5,8H,3,6-7,9H2,1-2H3,(H3,15,16,17). The average Bonchev–Trinajstić information content (AvgIpc) is 2.69. The predicted molar refractivity (Wildman–Crippen MR) is 80.9 cm³/mol. The Bertz CT molecular complexity index is 543. The maximum absolute atomic E-state index is 11.4. The van der Waals surface area contributed by atoms with Crippen molar-refractivity contribution < 1.29 is 14.3 Å². The topological polar surface area (TPSA) is 89.2 Å². The molecule has 0 aromatic heterocycles. The molecule has 0 aliphatic carbocycles. The molecule has 114 valence electrons. The number of nitrogens with zero attached hydrogens (tertiary/aromatic N) is 2. The number of likely N-dealkylation sites (N-methyl/N-ethyl adjacent to an activating group) is 1. The second-order valence-electron chi connectivity index (χ2n) is 4.83. The summed E-state index contributed by atoms with van der Waals surface area (Å²) in [5.74, 6) is 1.46. The van der Waals surface area contributed by atoms with E-state index in [1.54, 1.807) is 20.2 Å². The fraction of sp³-hybridized carbons (Fsp3) is 0.429. The molecule has 1 heterocycles. The SMILES string of the molecule is CN(C)C(=O)CN=C(N)Nc1ccc2c(c1)OCCCO2. The lowest BCUT2D eigenvalue weighted by Gasteiger charge is -2.11. The van der Waals surface area contributed by atoms with Crippen molar-refractivity contribution in [1.29, 1.82) is 0 Å². The van der Waals surface area contributed by atoms with Crippen LogP contribution in [0.25, 0.3) is 0 Å². The second-order valence-corrected chi connectivity index (χ2v) is 4.83. The Morgan fingerprint density at radius 1 is 1.33 bits per heavy atom. The average molecular weight is 292 g/mol. The highest BCUT2D eigenvalue weighted by molar-refractivity contribution is 5.94. The van der Waals surface area contributed by atoms with Crippen LogP contribution in [0.3, 0.4) is 0 Å². The van der Waals surface area contributed by atoms with E-state index in [0.29, 0.717) is 19.0 Å². The zero-order valence-corrected chi connectivity index (χ0v) is 12.3. The first-order valence-corrected chi connectivity index (χ1v) is 6.73.